The molecule has 0 aromatic rings. The third kappa shape index (κ3) is 2.56. The molecule has 1 rings (SSSR count). The van der Waals surface area contributed by atoms with Crippen LogP contribution in [0.1, 0.15) is 27.2 Å². The van der Waals surface area contributed by atoms with Gasteiger partial charge in [0, 0.05) is 18.6 Å². The second-order valence-electron chi connectivity index (χ2n) is 5.10. The van der Waals surface area contributed by atoms with Gasteiger partial charge in [0.1, 0.15) is 0 Å². The monoisotopic (exact) mass is 228 g/mol. The average Bonchev–Trinajstić information content (AvgIpc) is 2.49. The van der Waals surface area contributed by atoms with E-state index in [2.05, 4.69) is 0 Å². The van der Waals surface area contributed by atoms with E-state index in [0.29, 0.717) is 13.1 Å². The summed E-state index contributed by atoms with van der Waals surface area (Å²) in [6.07, 6.45) is -0.189. The van der Waals surface area contributed by atoms with Gasteiger partial charge in [0.15, 0.2) is 5.96 Å². The summed E-state index contributed by atoms with van der Waals surface area (Å²) in [5.41, 5.74) is 4.96. The van der Waals surface area contributed by atoms with Crippen LogP contribution in [0.4, 0.5) is 4.79 Å². The number of nitrogens with one attached hydrogen (secondary N) is 1. The van der Waals surface area contributed by atoms with Crippen molar-refractivity contribution in [2.75, 3.05) is 13.1 Å². The van der Waals surface area contributed by atoms with Gasteiger partial charge in [0.25, 0.3) is 0 Å². The molecule has 0 bridgehead atoms. The van der Waals surface area contributed by atoms with Crippen molar-refractivity contribution in [1.82, 2.24) is 9.80 Å². The SMILES string of the molecule is CC(C)(C)N(C(=O)O)[C@@H]1CCN(C(=N)N)C1. The fraction of sp³-hybridized carbons (Fsp3) is 0.800. The van der Waals surface area contributed by atoms with Crippen molar-refractivity contribution >= 4 is 12.1 Å². The number of nitrogens with two attached hydrogens (primary N) is 1. The maximum absolute atomic E-state index is 11.2. The lowest BCUT2D eigenvalue weighted by atomic mass is 10.0. The Hall–Kier alpha value is -1.46. The number of hydrogen-bond donors (Lipinski definition) is 3. The number of carboxylic acid groups (broad SMARTS) is 1. The third-order valence-corrected chi connectivity index (χ3v) is 2.80. The highest BCUT2D eigenvalue weighted by atomic mass is 16.4. The van der Waals surface area contributed by atoms with Crippen LogP contribution in [-0.2, 0) is 0 Å². The molecule has 1 aliphatic heterocycles. The number of likely N-dealkylation sites (tertiary alicyclic amines) is 1. The predicted octanol–water partition coefficient (Wildman–Crippen LogP) is 0.733. The Morgan fingerprint density at radius 1 is 1.56 bits per heavy atom. The lowest BCUT2D eigenvalue weighted by Gasteiger charge is -2.37. The van der Waals surface area contributed by atoms with Gasteiger partial charge < -0.3 is 15.7 Å². The minimum atomic E-state index is -0.914. The molecule has 0 saturated carbocycles. The van der Waals surface area contributed by atoms with Crippen LogP contribution in [0.15, 0.2) is 0 Å². The van der Waals surface area contributed by atoms with E-state index in [1.54, 1.807) is 4.90 Å². The van der Waals surface area contributed by atoms with E-state index >= 15 is 0 Å². The van der Waals surface area contributed by atoms with Crippen LogP contribution in [0.3, 0.4) is 0 Å². The zero-order valence-electron chi connectivity index (χ0n) is 10.0. The normalized spacial score (nSPS) is 20.9. The standard InChI is InChI=1S/C10H20N4O2/c1-10(2,3)14(9(15)16)7-4-5-13(6-7)8(11)12/h7H,4-6H2,1-3H3,(H3,11,12)(H,15,16)/t7-/m1/s1. The molecule has 1 atom stereocenters. The molecule has 92 valence electrons. The van der Waals surface area contributed by atoms with Crippen LogP contribution >= 0.6 is 0 Å². The number of carbonyl (C=O) groups is 1. The smallest absolute Gasteiger partial charge is 0.408 e. The number of nitrogens with zero attached hydrogens (tertiary/aromatic N) is 2. The van der Waals surface area contributed by atoms with Crippen molar-refractivity contribution in [2.45, 2.75) is 38.8 Å². The molecule has 1 saturated heterocycles. The molecule has 0 spiro atoms. The van der Waals surface area contributed by atoms with Crippen molar-refractivity contribution in [1.29, 1.82) is 5.41 Å². The van der Waals surface area contributed by atoms with Crippen LogP contribution in [0.5, 0.6) is 0 Å². The molecule has 6 heteroatoms. The molecular formula is C10H20N4O2. The van der Waals surface area contributed by atoms with Crippen molar-refractivity contribution in [3.05, 3.63) is 0 Å². The zero-order chi connectivity index (χ0) is 12.5. The Morgan fingerprint density at radius 2 is 2.12 bits per heavy atom. The topological polar surface area (TPSA) is 93.7 Å². The van der Waals surface area contributed by atoms with Crippen LogP contribution in [-0.4, -0.2) is 51.6 Å². The van der Waals surface area contributed by atoms with Crippen molar-refractivity contribution < 1.29 is 9.90 Å². The van der Waals surface area contributed by atoms with Crippen molar-refractivity contribution in [3.8, 4) is 0 Å². The summed E-state index contributed by atoms with van der Waals surface area (Å²) < 4.78 is 0. The Morgan fingerprint density at radius 3 is 2.44 bits per heavy atom. The molecule has 0 unspecified atom stereocenters. The first-order chi connectivity index (χ1) is 7.23. The van der Waals surface area contributed by atoms with Crippen LogP contribution in [0.2, 0.25) is 0 Å². The van der Waals surface area contributed by atoms with E-state index in [1.165, 1.54) is 4.90 Å². The van der Waals surface area contributed by atoms with Crippen LogP contribution in [0.25, 0.3) is 0 Å². The molecule has 1 amide bonds. The Balaban J connectivity index is 2.76. The lowest BCUT2D eigenvalue weighted by Crippen LogP contribution is -2.52. The zero-order valence-corrected chi connectivity index (χ0v) is 10.0. The largest absolute Gasteiger partial charge is 0.465 e. The minimum Gasteiger partial charge on any atom is -0.465 e. The molecule has 1 heterocycles. The van der Waals surface area contributed by atoms with Crippen LogP contribution in [0, 0.1) is 5.41 Å². The molecule has 16 heavy (non-hydrogen) atoms. The first-order valence-corrected chi connectivity index (χ1v) is 5.34. The van der Waals surface area contributed by atoms with E-state index in [9.17, 15) is 9.90 Å². The summed E-state index contributed by atoms with van der Waals surface area (Å²) in [4.78, 5) is 14.4. The fourth-order valence-electron chi connectivity index (χ4n) is 2.16. The molecule has 4 N–H and O–H groups in total. The highest BCUT2D eigenvalue weighted by Gasteiger charge is 2.37. The number of hydrogen-bond acceptors (Lipinski definition) is 2. The summed E-state index contributed by atoms with van der Waals surface area (Å²) >= 11 is 0. The lowest BCUT2D eigenvalue weighted by molar-refractivity contribution is 0.0739. The fourth-order valence-corrected chi connectivity index (χ4v) is 2.16. The quantitative estimate of drug-likeness (QED) is 0.455. The molecule has 0 radical (unpaired) electrons. The second-order valence-corrected chi connectivity index (χ2v) is 5.10. The Labute approximate surface area is 95.5 Å². The van der Waals surface area contributed by atoms with Gasteiger partial charge in [-0.05, 0) is 27.2 Å². The number of rotatable bonds is 1. The summed E-state index contributed by atoms with van der Waals surface area (Å²) in [6, 6.07) is -0.0820. The molecule has 0 aliphatic carbocycles. The predicted molar refractivity (Wildman–Crippen MR) is 61.5 cm³/mol. The maximum Gasteiger partial charge on any atom is 0.408 e. The van der Waals surface area contributed by atoms with Gasteiger partial charge in [-0.1, -0.05) is 0 Å². The summed E-state index contributed by atoms with van der Waals surface area (Å²) in [7, 11) is 0. The Bertz CT molecular complexity index is 298. The molecule has 1 aliphatic rings. The number of guanidine groups is 1. The summed E-state index contributed by atoms with van der Waals surface area (Å²) in [5.74, 6) is 0.0155. The molecule has 0 aromatic carbocycles. The van der Waals surface area contributed by atoms with E-state index in [1.807, 2.05) is 20.8 Å². The molecular weight excluding hydrogens is 208 g/mol. The average molecular weight is 228 g/mol. The van der Waals surface area contributed by atoms with Gasteiger partial charge in [-0.2, -0.15) is 0 Å². The van der Waals surface area contributed by atoms with E-state index < -0.39 is 11.6 Å². The highest BCUT2D eigenvalue weighted by Crippen LogP contribution is 2.23. The maximum atomic E-state index is 11.2. The van der Waals surface area contributed by atoms with Gasteiger partial charge in [-0.3, -0.25) is 10.3 Å². The molecule has 1 fully saturated rings. The van der Waals surface area contributed by atoms with E-state index in [4.69, 9.17) is 11.1 Å². The van der Waals surface area contributed by atoms with Crippen molar-refractivity contribution in [3.63, 3.8) is 0 Å². The van der Waals surface area contributed by atoms with Gasteiger partial charge in [0.05, 0.1) is 6.04 Å². The second kappa shape index (κ2) is 4.19. The van der Waals surface area contributed by atoms with Gasteiger partial charge in [-0.25, -0.2) is 4.79 Å². The van der Waals surface area contributed by atoms with Gasteiger partial charge >= 0.3 is 6.09 Å². The first-order valence-electron chi connectivity index (χ1n) is 5.34. The molecule has 6 nitrogen and oxygen atoms in total. The third-order valence-electron chi connectivity index (χ3n) is 2.80. The summed E-state index contributed by atoms with van der Waals surface area (Å²) in [5, 5.41) is 16.5. The molecule has 0 aromatic heterocycles. The van der Waals surface area contributed by atoms with Crippen molar-refractivity contribution in [2.24, 2.45) is 5.73 Å². The highest BCUT2D eigenvalue weighted by molar-refractivity contribution is 5.75. The van der Waals surface area contributed by atoms with E-state index in [-0.39, 0.29) is 12.0 Å². The summed E-state index contributed by atoms with van der Waals surface area (Å²) in [6.45, 7) is 6.78. The van der Waals surface area contributed by atoms with Crippen LogP contribution < -0.4 is 5.73 Å². The van der Waals surface area contributed by atoms with Gasteiger partial charge in [0.2, 0.25) is 0 Å². The minimum absolute atomic E-state index is 0.0155. The number of amides is 1. The first kappa shape index (κ1) is 12.6. The van der Waals surface area contributed by atoms with E-state index in [0.717, 1.165) is 6.42 Å². The Kier molecular flexibility index (Phi) is 3.30. The van der Waals surface area contributed by atoms with Gasteiger partial charge in [-0.15, -0.1) is 0 Å².